The number of nitrogens with one attached hydrogen (secondary N) is 2. The zero-order chi connectivity index (χ0) is 20.1. The molecule has 2 aromatic carbocycles. The number of ether oxygens (including phenoxy) is 3. The van der Waals surface area contributed by atoms with Gasteiger partial charge in [-0.15, -0.1) is 0 Å². The third kappa shape index (κ3) is 4.37. The fourth-order valence-electron chi connectivity index (χ4n) is 2.93. The first kappa shape index (κ1) is 18.5. The van der Waals surface area contributed by atoms with Crippen molar-refractivity contribution in [3.05, 3.63) is 66.0 Å². The molecule has 0 atom stereocenters. The van der Waals surface area contributed by atoms with Crippen molar-refractivity contribution in [3.8, 4) is 17.2 Å². The van der Waals surface area contributed by atoms with E-state index in [0.717, 1.165) is 17.7 Å². The number of amides is 1. The van der Waals surface area contributed by atoms with Crippen LogP contribution in [0.1, 0.15) is 15.9 Å². The first-order valence-corrected chi connectivity index (χ1v) is 9.12. The second kappa shape index (κ2) is 8.47. The molecular formula is C21H20N4O4. The van der Waals surface area contributed by atoms with Gasteiger partial charge in [0.1, 0.15) is 5.75 Å². The maximum atomic E-state index is 12.4. The maximum Gasteiger partial charge on any atom is 0.258 e. The number of fused-ring (bicyclic) bond motifs is 1. The van der Waals surface area contributed by atoms with Crippen molar-refractivity contribution in [2.45, 2.75) is 6.42 Å². The number of nitrogens with zero attached hydrogens (tertiary/aromatic N) is 2. The van der Waals surface area contributed by atoms with Crippen molar-refractivity contribution in [2.75, 3.05) is 31.1 Å². The van der Waals surface area contributed by atoms with Crippen LogP contribution >= 0.6 is 0 Å². The fourth-order valence-corrected chi connectivity index (χ4v) is 2.93. The van der Waals surface area contributed by atoms with Gasteiger partial charge in [0.25, 0.3) is 5.91 Å². The highest BCUT2D eigenvalue weighted by Crippen LogP contribution is 2.34. The Morgan fingerprint density at radius 3 is 2.72 bits per heavy atom. The second-order valence-corrected chi connectivity index (χ2v) is 6.31. The lowest BCUT2D eigenvalue weighted by Gasteiger charge is -2.09. The van der Waals surface area contributed by atoms with E-state index >= 15 is 0 Å². The lowest BCUT2D eigenvalue weighted by atomic mass is 10.1. The summed E-state index contributed by atoms with van der Waals surface area (Å²) in [5.74, 6) is 2.28. The van der Waals surface area contributed by atoms with E-state index in [1.807, 2.05) is 24.3 Å². The smallest absolute Gasteiger partial charge is 0.258 e. The lowest BCUT2D eigenvalue weighted by molar-refractivity contribution is 0.102. The van der Waals surface area contributed by atoms with Crippen molar-refractivity contribution in [2.24, 2.45) is 0 Å². The van der Waals surface area contributed by atoms with Crippen LogP contribution in [0, 0.1) is 0 Å². The quantitative estimate of drug-likeness (QED) is 0.638. The van der Waals surface area contributed by atoms with Gasteiger partial charge in [-0.3, -0.25) is 4.79 Å². The third-order valence-corrected chi connectivity index (χ3v) is 4.41. The molecule has 2 heterocycles. The highest BCUT2D eigenvalue weighted by atomic mass is 16.7. The van der Waals surface area contributed by atoms with E-state index in [1.165, 1.54) is 12.4 Å². The molecule has 4 rings (SSSR count). The topological polar surface area (TPSA) is 94.6 Å². The summed E-state index contributed by atoms with van der Waals surface area (Å²) in [6.07, 6.45) is 3.74. The van der Waals surface area contributed by atoms with Crippen LogP contribution in [0.3, 0.4) is 0 Å². The molecule has 8 nitrogen and oxygen atoms in total. The molecule has 148 valence electrons. The summed E-state index contributed by atoms with van der Waals surface area (Å²) < 4.78 is 15.9. The first-order chi connectivity index (χ1) is 14.2. The highest BCUT2D eigenvalue weighted by Gasteiger charge is 2.15. The number of para-hydroxylation sites is 1. The van der Waals surface area contributed by atoms with Gasteiger partial charge in [0.2, 0.25) is 12.7 Å². The van der Waals surface area contributed by atoms with E-state index in [1.54, 1.807) is 25.3 Å². The van der Waals surface area contributed by atoms with E-state index < -0.39 is 0 Å². The van der Waals surface area contributed by atoms with Crippen LogP contribution in [-0.2, 0) is 6.42 Å². The summed E-state index contributed by atoms with van der Waals surface area (Å²) >= 11 is 0. The molecule has 0 fully saturated rings. The van der Waals surface area contributed by atoms with Crippen molar-refractivity contribution in [1.29, 1.82) is 0 Å². The van der Waals surface area contributed by atoms with Gasteiger partial charge < -0.3 is 24.8 Å². The van der Waals surface area contributed by atoms with Crippen LogP contribution in [0.25, 0.3) is 0 Å². The van der Waals surface area contributed by atoms with Gasteiger partial charge in [-0.2, -0.15) is 0 Å². The molecule has 1 aromatic heterocycles. The summed E-state index contributed by atoms with van der Waals surface area (Å²) in [5.41, 5.74) is 2.07. The van der Waals surface area contributed by atoms with Crippen molar-refractivity contribution < 1.29 is 19.0 Å². The summed E-state index contributed by atoms with van der Waals surface area (Å²) in [4.78, 5) is 20.8. The number of benzene rings is 2. The second-order valence-electron chi connectivity index (χ2n) is 6.31. The van der Waals surface area contributed by atoms with Gasteiger partial charge in [-0.25, -0.2) is 9.97 Å². The Hall–Kier alpha value is -3.81. The number of aromatic nitrogens is 2. The van der Waals surface area contributed by atoms with E-state index in [2.05, 4.69) is 20.6 Å². The largest absolute Gasteiger partial charge is 0.496 e. The molecule has 1 amide bonds. The zero-order valence-electron chi connectivity index (χ0n) is 15.8. The third-order valence-electron chi connectivity index (χ3n) is 4.41. The minimum atomic E-state index is -0.301. The predicted octanol–water partition coefficient (Wildman–Crippen LogP) is 3.12. The molecule has 0 unspecified atom stereocenters. The Morgan fingerprint density at radius 2 is 1.90 bits per heavy atom. The minimum absolute atomic E-state index is 0.187. The average molecular weight is 392 g/mol. The van der Waals surface area contributed by atoms with Crippen LogP contribution < -0.4 is 24.8 Å². The SMILES string of the molecule is COc1ccccc1CCNc1ncc(C(=O)Nc2ccc3c(c2)OCO3)cn1. The van der Waals surface area contributed by atoms with Crippen LogP contribution in [0.2, 0.25) is 0 Å². The van der Waals surface area contributed by atoms with Crippen LogP contribution in [0.4, 0.5) is 11.6 Å². The molecule has 1 aliphatic heterocycles. The lowest BCUT2D eigenvalue weighted by Crippen LogP contribution is -2.14. The van der Waals surface area contributed by atoms with E-state index in [4.69, 9.17) is 14.2 Å². The predicted molar refractivity (Wildman–Crippen MR) is 108 cm³/mol. The van der Waals surface area contributed by atoms with Crippen molar-refractivity contribution in [3.63, 3.8) is 0 Å². The Balaban J connectivity index is 1.32. The van der Waals surface area contributed by atoms with Crippen molar-refractivity contribution in [1.82, 2.24) is 9.97 Å². The van der Waals surface area contributed by atoms with Crippen LogP contribution in [0.5, 0.6) is 17.2 Å². The minimum Gasteiger partial charge on any atom is -0.496 e. The summed E-state index contributed by atoms with van der Waals surface area (Å²) in [6, 6.07) is 13.1. The Kier molecular flexibility index (Phi) is 5.42. The fraction of sp³-hybridized carbons (Fsp3) is 0.190. The Bertz CT molecular complexity index is 1010. The van der Waals surface area contributed by atoms with Crippen LogP contribution in [-0.4, -0.2) is 36.3 Å². The molecule has 1 aliphatic rings. The zero-order valence-corrected chi connectivity index (χ0v) is 15.8. The number of carbonyl (C=O) groups is 1. The maximum absolute atomic E-state index is 12.4. The summed E-state index contributed by atoms with van der Waals surface area (Å²) in [5, 5.41) is 5.94. The van der Waals surface area contributed by atoms with Gasteiger partial charge in [0, 0.05) is 30.7 Å². The molecule has 29 heavy (non-hydrogen) atoms. The molecule has 0 saturated carbocycles. The van der Waals surface area contributed by atoms with Gasteiger partial charge >= 0.3 is 0 Å². The van der Waals surface area contributed by atoms with E-state index in [-0.39, 0.29) is 12.7 Å². The van der Waals surface area contributed by atoms with E-state index in [0.29, 0.717) is 35.2 Å². The highest BCUT2D eigenvalue weighted by molar-refractivity contribution is 6.04. The van der Waals surface area contributed by atoms with Gasteiger partial charge in [-0.05, 0) is 30.2 Å². The molecule has 0 bridgehead atoms. The summed E-state index contributed by atoms with van der Waals surface area (Å²) in [7, 11) is 1.66. The molecule has 2 N–H and O–H groups in total. The molecular weight excluding hydrogens is 372 g/mol. The molecule has 0 radical (unpaired) electrons. The number of methoxy groups -OCH3 is 1. The van der Waals surface area contributed by atoms with Gasteiger partial charge in [-0.1, -0.05) is 18.2 Å². The molecule has 0 aliphatic carbocycles. The van der Waals surface area contributed by atoms with Crippen molar-refractivity contribution >= 4 is 17.5 Å². The van der Waals surface area contributed by atoms with E-state index in [9.17, 15) is 4.79 Å². The molecule has 3 aromatic rings. The molecule has 8 heteroatoms. The standard InChI is InChI=1S/C21H20N4O4/c1-27-17-5-3-2-4-14(17)8-9-22-21-23-11-15(12-24-21)20(26)25-16-6-7-18-19(10-16)29-13-28-18/h2-7,10-12H,8-9,13H2,1H3,(H,25,26)(H,22,23,24). The Morgan fingerprint density at radius 1 is 1.10 bits per heavy atom. The summed E-state index contributed by atoms with van der Waals surface area (Å²) in [6.45, 7) is 0.829. The number of carbonyl (C=O) groups excluding carboxylic acids is 1. The molecule has 0 saturated heterocycles. The number of anilines is 2. The normalized spacial score (nSPS) is 11.8. The Labute approximate surface area is 167 Å². The van der Waals surface area contributed by atoms with Crippen LogP contribution in [0.15, 0.2) is 54.9 Å². The number of hydrogen-bond donors (Lipinski definition) is 2. The average Bonchev–Trinajstić information content (AvgIpc) is 3.22. The first-order valence-electron chi connectivity index (χ1n) is 9.12. The van der Waals surface area contributed by atoms with Gasteiger partial charge in [0.05, 0.1) is 12.7 Å². The molecule has 0 spiro atoms. The van der Waals surface area contributed by atoms with Gasteiger partial charge in [0.15, 0.2) is 11.5 Å². The number of rotatable bonds is 7. The monoisotopic (exact) mass is 392 g/mol. The number of hydrogen-bond acceptors (Lipinski definition) is 7.